The Morgan fingerprint density at radius 1 is 1.33 bits per heavy atom. The summed E-state index contributed by atoms with van der Waals surface area (Å²) in [5.74, 6) is 6.53. The molecule has 2 heterocycles. The molecule has 1 fully saturated rings. The van der Waals surface area contributed by atoms with Crippen LogP contribution in [0.1, 0.15) is 44.4 Å². The molecule has 0 spiro atoms. The number of nitrogens with one attached hydrogen (secondary N) is 1. The van der Waals surface area contributed by atoms with Crippen LogP contribution in [0.25, 0.3) is 10.2 Å². The van der Waals surface area contributed by atoms with Crippen molar-refractivity contribution in [3.63, 3.8) is 0 Å². The minimum absolute atomic E-state index is 0.238. The summed E-state index contributed by atoms with van der Waals surface area (Å²) in [5, 5.41) is 0.987. The zero-order valence-electron chi connectivity index (χ0n) is 12.8. The normalized spacial score (nSPS) is 18.9. The van der Waals surface area contributed by atoms with E-state index >= 15 is 0 Å². The number of hydrogen-bond donors (Lipinski definition) is 2. The highest BCUT2D eigenvalue weighted by atomic mass is 32.1. The van der Waals surface area contributed by atoms with Gasteiger partial charge < -0.3 is 4.74 Å². The Hall–Kier alpha value is -1.40. The second-order valence-corrected chi connectivity index (χ2v) is 7.79. The Kier molecular flexibility index (Phi) is 3.75. The summed E-state index contributed by atoms with van der Waals surface area (Å²) in [5.41, 5.74) is 2.96. The van der Waals surface area contributed by atoms with E-state index in [2.05, 4.69) is 42.2 Å². The first kappa shape index (κ1) is 14.5. The van der Waals surface area contributed by atoms with E-state index in [1.807, 2.05) is 0 Å². The number of fused-ring (bicyclic) bond motifs is 1. The number of ether oxygens (including phenoxy) is 1. The molecule has 0 aromatic carbocycles. The molecule has 2 aromatic heterocycles. The first-order valence-electron chi connectivity index (χ1n) is 7.38. The number of nitrogen functional groups attached to an aromatic ring is 1. The molecule has 1 saturated carbocycles. The van der Waals surface area contributed by atoms with E-state index in [1.54, 1.807) is 11.3 Å². The summed E-state index contributed by atoms with van der Waals surface area (Å²) < 4.78 is 6.18. The lowest BCUT2D eigenvalue weighted by atomic mass is 9.76. The van der Waals surface area contributed by atoms with Crippen molar-refractivity contribution >= 4 is 27.5 Å². The lowest BCUT2D eigenvalue weighted by molar-refractivity contribution is 0.0964. The predicted molar refractivity (Wildman–Crippen MR) is 86.6 cm³/mol. The van der Waals surface area contributed by atoms with Crippen molar-refractivity contribution in [1.29, 1.82) is 0 Å². The molecule has 0 amide bonds. The van der Waals surface area contributed by atoms with E-state index in [0.29, 0.717) is 17.2 Å². The molecule has 0 aliphatic heterocycles. The fraction of sp³-hybridized carbons (Fsp3) is 0.600. The molecule has 0 unspecified atom stereocenters. The van der Waals surface area contributed by atoms with Crippen LogP contribution < -0.4 is 16.0 Å². The van der Waals surface area contributed by atoms with Gasteiger partial charge in [-0.2, -0.15) is 4.98 Å². The van der Waals surface area contributed by atoms with Gasteiger partial charge in [0, 0.05) is 4.88 Å². The lowest BCUT2D eigenvalue weighted by Crippen LogP contribution is -2.28. The molecule has 21 heavy (non-hydrogen) atoms. The van der Waals surface area contributed by atoms with Gasteiger partial charge in [0.1, 0.15) is 10.9 Å². The molecule has 114 valence electrons. The van der Waals surface area contributed by atoms with E-state index in [9.17, 15) is 0 Å². The van der Waals surface area contributed by atoms with Crippen molar-refractivity contribution in [2.24, 2.45) is 11.3 Å². The average molecular weight is 306 g/mol. The Balaban J connectivity index is 1.86. The van der Waals surface area contributed by atoms with Crippen molar-refractivity contribution in [2.75, 3.05) is 5.43 Å². The third-order valence-corrected chi connectivity index (χ3v) is 5.12. The summed E-state index contributed by atoms with van der Waals surface area (Å²) in [6, 6.07) is 2.09. The van der Waals surface area contributed by atoms with Crippen molar-refractivity contribution in [2.45, 2.75) is 52.6 Å². The largest absolute Gasteiger partial charge is 0.474 e. The molecule has 0 atom stereocenters. The maximum Gasteiger partial charge on any atom is 0.241 e. The first-order chi connectivity index (χ1) is 9.97. The molecule has 5 nitrogen and oxygen atoms in total. The van der Waals surface area contributed by atoms with Gasteiger partial charge >= 0.3 is 0 Å². The number of aromatic nitrogens is 2. The zero-order valence-corrected chi connectivity index (χ0v) is 13.6. The van der Waals surface area contributed by atoms with E-state index in [1.165, 1.54) is 17.7 Å². The molecule has 0 saturated heterocycles. The molecule has 1 aliphatic rings. The number of rotatable bonds is 3. The molecular weight excluding hydrogens is 284 g/mol. The predicted octanol–water partition coefficient (Wildman–Crippen LogP) is 3.63. The van der Waals surface area contributed by atoms with E-state index in [4.69, 9.17) is 10.6 Å². The molecule has 3 rings (SSSR count). The standard InChI is InChI=1S/C15H22N4OS/c1-9-8-11-12(17-14(19-16)18-13(11)21-9)20-10-4-6-15(2,3)7-5-10/h8,10H,4-7,16H2,1-3H3,(H,17,18,19). The fourth-order valence-corrected chi connectivity index (χ4v) is 3.69. The van der Waals surface area contributed by atoms with Crippen LogP contribution in [0.15, 0.2) is 6.07 Å². The van der Waals surface area contributed by atoms with Crippen LogP contribution in [-0.4, -0.2) is 16.1 Å². The summed E-state index contributed by atoms with van der Waals surface area (Å²) in [6.07, 6.45) is 4.77. The molecular formula is C15H22N4OS. The maximum atomic E-state index is 6.18. The van der Waals surface area contributed by atoms with Gasteiger partial charge in [0.2, 0.25) is 11.8 Å². The summed E-state index contributed by atoms with van der Waals surface area (Å²) in [7, 11) is 0. The molecule has 3 N–H and O–H groups in total. The van der Waals surface area contributed by atoms with E-state index in [0.717, 1.165) is 23.1 Å². The van der Waals surface area contributed by atoms with Crippen molar-refractivity contribution in [3.05, 3.63) is 10.9 Å². The van der Waals surface area contributed by atoms with Crippen LogP contribution in [0.2, 0.25) is 0 Å². The molecule has 2 aromatic rings. The second kappa shape index (κ2) is 5.42. The molecule has 1 aliphatic carbocycles. The Morgan fingerprint density at radius 3 is 2.71 bits per heavy atom. The van der Waals surface area contributed by atoms with E-state index < -0.39 is 0 Å². The Bertz CT molecular complexity index is 642. The van der Waals surface area contributed by atoms with Crippen LogP contribution >= 0.6 is 11.3 Å². The lowest BCUT2D eigenvalue weighted by Gasteiger charge is -2.34. The maximum absolute atomic E-state index is 6.18. The van der Waals surface area contributed by atoms with Gasteiger partial charge in [-0.25, -0.2) is 10.8 Å². The van der Waals surface area contributed by atoms with Gasteiger partial charge in [-0.15, -0.1) is 11.3 Å². The van der Waals surface area contributed by atoms with Crippen molar-refractivity contribution < 1.29 is 4.74 Å². The number of anilines is 1. The third kappa shape index (κ3) is 3.11. The highest BCUT2D eigenvalue weighted by molar-refractivity contribution is 7.18. The van der Waals surface area contributed by atoms with Gasteiger partial charge in [-0.3, -0.25) is 5.43 Å². The fourth-order valence-electron chi connectivity index (χ4n) is 2.82. The number of thiophene rings is 1. The number of aryl methyl sites for hydroxylation is 1. The highest BCUT2D eigenvalue weighted by Gasteiger charge is 2.28. The number of nitrogens with two attached hydrogens (primary N) is 1. The van der Waals surface area contributed by atoms with Crippen LogP contribution in [0.4, 0.5) is 5.95 Å². The molecule has 0 bridgehead atoms. The van der Waals surface area contributed by atoms with Gasteiger partial charge in [0.05, 0.1) is 5.39 Å². The van der Waals surface area contributed by atoms with Crippen LogP contribution in [0, 0.1) is 12.3 Å². The second-order valence-electron chi connectivity index (χ2n) is 6.55. The SMILES string of the molecule is Cc1cc2c(OC3CCC(C)(C)CC3)nc(NN)nc2s1. The molecule has 0 radical (unpaired) electrons. The highest BCUT2D eigenvalue weighted by Crippen LogP contribution is 2.38. The number of nitrogens with zero attached hydrogens (tertiary/aromatic N) is 2. The Morgan fingerprint density at radius 2 is 2.05 bits per heavy atom. The average Bonchev–Trinajstić information content (AvgIpc) is 2.81. The first-order valence-corrected chi connectivity index (χ1v) is 8.20. The van der Waals surface area contributed by atoms with Gasteiger partial charge in [-0.1, -0.05) is 13.8 Å². The van der Waals surface area contributed by atoms with Crippen molar-refractivity contribution in [3.8, 4) is 5.88 Å². The van der Waals surface area contributed by atoms with E-state index in [-0.39, 0.29) is 6.10 Å². The van der Waals surface area contributed by atoms with Crippen LogP contribution in [-0.2, 0) is 0 Å². The smallest absolute Gasteiger partial charge is 0.241 e. The van der Waals surface area contributed by atoms with Crippen molar-refractivity contribution in [1.82, 2.24) is 9.97 Å². The number of hydrazine groups is 1. The topological polar surface area (TPSA) is 73.1 Å². The van der Waals surface area contributed by atoms with Gasteiger partial charge in [0.15, 0.2) is 0 Å². The summed E-state index contributed by atoms with van der Waals surface area (Å²) >= 11 is 1.63. The minimum atomic E-state index is 0.238. The Labute approximate surface area is 128 Å². The van der Waals surface area contributed by atoms with Crippen LogP contribution in [0.3, 0.4) is 0 Å². The third-order valence-electron chi connectivity index (χ3n) is 4.17. The zero-order chi connectivity index (χ0) is 15.0. The van der Waals surface area contributed by atoms with Gasteiger partial charge in [-0.05, 0) is 44.1 Å². The summed E-state index contributed by atoms with van der Waals surface area (Å²) in [6.45, 7) is 6.71. The monoisotopic (exact) mass is 306 g/mol. The molecule has 6 heteroatoms. The van der Waals surface area contributed by atoms with Crippen LogP contribution in [0.5, 0.6) is 5.88 Å². The quantitative estimate of drug-likeness (QED) is 0.669. The minimum Gasteiger partial charge on any atom is -0.474 e. The number of hydrogen-bond acceptors (Lipinski definition) is 6. The van der Waals surface area contributed by atoms with Gasteiger partial charge in [0.25, 0.3) is 0 Å². The summed E-state index contributed by atoms with van der Waals surface area (Å²) in [4.78, 5) is 10.9.